The van der Waals surface area contributed by atoms with Gasteiger partial charge in [-0.3, -0.25) is 4.79 Å². The van der Waals surface area contributed by atoms with E-state index in [1.165, 1.54) is 19.4 Å². The molecule has 3 rings (SSSR count). The normalized spacial score (nSPS) is 10.8. The Bertz CT molecular complexity index is 1220. The smallest absolute Gasteiger partial charge is 0.271 e. The summed E-state index contributed by atoms with van der Waals surface area (Å²) in [7, 11) is 1.52. The van der Waals surface area contributed by atoms with Crippen LogP contribution in [0.25, 0.3) is 0 Å². The fraction of sp³-hybridized carbons (Fsp3) is 0.259. The lowest BCUT2D eigenvalue weighted by atomic mass is 10.2. The zero-order chi connectivity index (χ0) is 25.9. The number of hydrogen-bond donors (Lipinski definition) is 1. The summed E-state index contributed by atoms with van der Waals surface area (Å²) in [6, 6.07) is 14.8. The monoisotopic (exact) mass is 558 g/mol. The molecule has 3 aromatic carbocycles. The molecule has 0 bridgehead atoms. The van der Waals surface area contributed by atoms with E-state index in [2.05, 4.69) is 26.5 Å². The van der Waals surface area contributed by atoms with Crippen molar-refractivity contribution in [3.8, 4) is 23.0 Å². The van der Waals surface area contributed by atoms with Gasteiger partial charge in [-0.2, -0.15) is 5.10 Å². The molecule has 0 aliphatic rings. The van der Waals surface area contributed by atoms with Crippen LogP contribution in [0.15, 0.2) is 64.2 Å². The third-order valence-electron chi connectivity index (χ3n) is 4.93. The third kappa shape index (κ3) is 7.21. The summed E-state index contributed by atoms with van der Waals surface area (Å²) in [4.78, 5) is 12.6. The van der Waals surface area contributed by atoms with Crippen LogP contribution in [0.3, 0.4) is 0 Å². The molecule has 0 saturated heterocycles. The van der Waals surface area contributed by atoms with Crippen molar-refractivity contribution in [1.29, 1.82) is 0 Å². The lowest BCUT2D eigenvalue weighted by Crippen LogP contribution is -2.17. The van der Waals surface area contributed by atoms with Gasteiger partial charge < -0.3 is 18.9 Å². The maximum atomic E-state index is 14.0. The quantitative estimate of drug-likeness (QED) is 0.214. The number of nitrogens with zero attached hydrogens (tertiary/aromatic N) is 1. The van der Waals surface area contributed by atoms with Crippen LogP contribution in [0.4, 0.5) is 4.39 Å². The number of carbonyl (C=O) groups is 1. The van der Waals surface area contributed by atoms with Crippen LogP contribution >= 0.6 is 15.9 Å². The van der Waals surface area contributed by atoms with Crippen molar-refractivity contribution in [2.75, 3.05) is 20.3 Å². The van der Waals surface area contributed by atoms with E-state index in [1.807, 2.05) is 13.8 Å². The number of carbonyl (C=O) groups excluding carboxylic acids is 1. The molecule has 0 aliphatic heterocycles. The summed E-state index contributed by atoms with van der Waals surface area (Å²) in [6.07, 6.45) is 2.35. The van der Waals surface area contributed by atoms with E-state index >= 15 is 0 Å². The van der Waals surface area contributed by atoms with E-state index in [1.54, 1.807) is 48.5 Å². The lowest BCUT2D eigenvalue weighted by Gasteiger charge is -2.15. The van der Waals surface area contributed by atoms with Gasteiger partial charge in [0.05, 0.1) is 31.0 Å². The molecule has 0 heterocycles. The average molecular weight is 559 g/mol. The van der Waals surface area contributed by atoms with E-state index in [0.717, 1.165) is 6.42 Å². The molecule has 9 heteroatoms. The highest BCUT2D eigenvalue weighted by atomic mass is 79.9. The molecular formula is C27H28BrFN2O5. The van der Waals surface area contributed by atoms with Gasteiger partial charge in [0.25, 0.3) is 5.91 Å². The third-order valence-corrected chi connectivity index (χ3v) is 5.52. The molecule has 36 heavy (non-hydrogen) atoms. The highest BCUT2D eigenvalue weighted by molar-refractivity contribution is 9.10. The maximum Gasteiger partial charge on any atom is 0.271 e. The molecule has 0 unspecified atom stereocenters. The van der Waals surface area contributed by atoms with Crippen LogP contribution in [-0.2, 0) is 6.61 Å². The van der Waals surface area contributed by atoms with Gasteiger partial charge in [0.2, 0.25) is 0 Å². The first kappa shape index (κ1) is 27.0. The average Bonchev–Trinajstić information content (AvgIpc) is 2.88. The summed E-state index contributed by atoms with van der Waals surface area (Å²) >= 11 is 3.48. The van der Waals surface area contributed by atoms with Gasteiger partial charge in [0, 0.05) is 11.1 Å². The minimum Gasteiger partial charge on any atom is -0.493 e. The van der Waals surface area contributed by atoms with E-state index < -0.39 is 5.91 Å². The van der Waals surface area contributed by atoms with E-state index in [9.17, 15) is 9.18 Å². The Morgan fingerprint density at radius 1 is 1.03 bits per heavy atom. The zero-order valence-electron chi connectivity index (χ0n) is 20.3. The number of ether oxygens (including phenoxy) is 4. The molecule has 0 saturated carbocycles. The molecule has 0 aliphatic carbocycles. The maximum absolute atomic E-state index is 14.0. The molecule has 3 aromatic rings. The first-order chi connectivity index (χ1) is 17.5. The lowest BCUT2D eigenvalue weighted by molar-refractivity contribution is 0.0954. The van der Waals surface area contributed by atoms with Gasteiger partial charge in [0.1, 0.15) is 12.4 Å². The van der Waals surface area contributed by atoms with Crippen molar-refractivity contribution in [1.82, 2.24) is 5.43 Å². The Labute approximate surface area is 218 Å². The number of amides is 1. The van der Waals surface area contributed by atoms with Crippen molar-refractivity contribution in [3.05, 3.63) is 81.6 Å². The van der Waals surface area contributed by atoms with Crippen LogP contribution in [0.5, 0.6) is 23.0 Å². The van der Waals surface area contributed by atoms with E-state index in [-0.39, 0.29) is 12.4 Å². The minimum absolute atomic E-state index is 0.0422. The van der Waals surface area contributed by atoms with Crippen LogP contribution < -0.4 is 24.4 Å². The van der Waals surface area contributed by atoms with E-state index in [4.69, 9.17) is 18.9 Å². The van der Waals surface area contributed by atoms with E-state index in [0.29, 0.717) is 57.4 Å². The second-order valence-electron chi connectivity index (χ2n) is 7.56. The van der Waals surface area contributed by atoms with Gasteiger partial charge in [-0.25, -0.2) is 9.82 Å². The predicted molar refractivity (Wildman–Crippen MR) is 140 cm³/mol. The van der Waals surface area contributed by atoms with Crippen molar-refractivity contribution in [2.45, 2.75) is 26.9 Å². The molecule has 0 radical (unpaired) electrons. The fourth-order valence-electron chi connectivity index (χ4n) is 3.20. The largest absolute Gasteiger partial charge is 0.493 e. The summed E-state index contributed by atoms with van der Waals surface area (Å²) < 4.78 is 37.1. The predicted octanol–water partition coefficient (Wildman–Crippen LogP) is 6.13. The SMILES string of the molecule is CCCOc1ccc(C(=O)N/N=C/c2cc(Br)c(OCc3ccccc3F)c(OCC)c2)cc1OC. The Hall–Kier alpha value is -3.59. The highest BCUT2D eigenvalue weighted by Gasteiger charge is 2.14. The number of benzene rings is 3. The van der Waals surface area contributed by atoms with Gasteiger partial charge in [-0.05, 0) is 71.2 Å². The van der Waals surface area contributed by atoms with Gasteiger partial charge in [0.15, 0.2) is 23.0 Å². The Morgan fingerprint density at radius 3 is 2.56 bits per heavy atom. The fourth-order valence-corrected chi connectivity index (χ4v) is 3.78. The van der Waals surface area contributed by atoms with Crippen LogP contribution in [-0.4, -0.2) is 32.4 Å². The van der Waals surface area contributed by atoms with Crippen molar-refractivity contribution >= 4 is 28.1 Å². The molecule has 1 amide bonds. The standard InChI is InChI=1S/C27H28BrFN2O5/c1-4-12-35-23-11-10-19(15-24(23)33-3)27(32)31-30-16-18-13-21(28)26(25(14-18)34-5-2)36-17-20-8-6-7-9-22(20)29/h6-11,13-16H,4-5,12,17H2,1-3H3,(H,31,32)/b30-16+. The number of nitrogens with one attached hydrogen (secondary N) is 1. The highest BCUT2D eigenvalue weighted by Crippen LogP contribution is 2.37. The molecule has 1 N–H and O–H groups in total. The molecule has 0 fully saturated rings. The molecular weight excluding hydrogens is 531 g/mol. The number of halogens is 2. The number of hydrazone groups is 1. The van der Waals surface area contributed by atoms with Crippen LogP contribution in [0.1, 0.15) is 41.8 Å². The summed E-state index contributed by atoms with van der Waals surface area (Å²) in [5.74, 6) is 1.20. The Morgan fingerprint density at radius 2 is 1.83 bits per heavy atom. The molecule has 0 atom stereocenters. The topological polar surface area (TPSA) is 78.4 Å². The second-order valence-corrected chi connectivity index (χ2v) is 8.41. The molecule has 0 spiro atoms. The van der Waals surface area contributed by atoms with Crippen molar-refractivity contribution in [2.24, 2.45) is 5.10 Å². The van der Waals surface area contributed by atoms with Crippen molar-refractivity contribution in [3.63, 3.8) is 0 Å². The minimum atomic E-state index is -0.402. The Kier molecular flexibility index (Phi) is 10.1. The zero-order valence-corrected chi connectivity index (χ0v) is 21.9. The first-order valence-corrected chi connectivity index (χ1v) is 12.2. The van der Waals surface area contributed by atoms with Crippen molar-refractivity contribution < 1.29 is 28.1 Å². The number of methoxy groups -OCH3 is 1. The second kappa shape index (κ2) is 13.5. The van der Waals surface area contributed by atoms with Gasteiger partial charge >= 0.3 is 0 Å². The summed E-state index contributed by atoms with van der Waals surface area (Å²) in [5.41, 5.74) is 3.97. The van der Waals surface area contributed by atoms with Gasteiger partial charge in [-0.15, -0.1) is 0 Å². The number of rotatable bonds is 12. The molecule has 7 nitrogen and oxygen atoms in total. The Balaban J connectivity index is 1.71. The summed E-state index contributed by atoms with van der Waals surface area (Å²) in [6.45, 7) is 4.86. The number of hydrogen-bond acceptors (Lipinski definition) is 6. The molecule has 0 aromatic heterocycles. The molecule has 190 valence electrons. The summed E-state index contributed by atoms with van der Waals surface area (Å²) in [5, 5.41) is 4.06. The van der Waals surface area contributed by atoms with Gasteiger partial charge in [-0.1, -0.05) is 25.1 Å². The van der Waals surface area contributed by atoms with Crippen LogP contribution in [0.2, 0.25) is 0 Å². The first-order valence-electron chi connectivity index (χ1n) is 11.4. The van der Waals surface area contributed by atoms with Crippen LogP contribution in [0, 0.1) is 5.82 Å².